The van der Waals surface area contributed by atoms with Crippen LogP contribution in [0.15, 0.2) is 74.8 Å². The number of furan rings is 1. The summed E-state index contributed by atoms with van der Waals surface area (Å²) in [5.74, 6) is -0.424. The molecular weight excluding hydrogens is 454 g/mol. The number of nitrogen functional groups attached to an aromatic ring is 1. The van der Waals surface area contributed by atoms with Gasteiger partial charge in [0, 0.05) is 5.56 Å². The van der Waals surface area contributed by atoms with Crippen molar-refractivity contribution in [3.63, 3.8) is 0 Å². The number of nitrogens with one attached hydrogen (secondary N) is 1. The fourth-order valence-corrected chi connectivity index (χ4v) is 3.57. The van der Waals surface area contributed by atoms with Crippen LogP contribution in [0.2, 0.25) is 0 Å². The number of anilines is 1. The second kappa shape index (κ2) is 8.94. The summed E-state index contributed by atoms with van der Waals surface area (Å²) in [7, 11) is 0. The van der Waals surface area contributed by atoms with Crippen LogP contribution < -0.4 is 11.2 Å². The van der Waals surface area contributed by atoms with Crippen LogP contribution in [0, 0.1) is 0 Å². The van der Waals surface area contributed by atoms with Crippen LogP contribution in [0.5, 0.6) is 0 Å². The Kier molecular flexibility index (Phi) is 5.51. The molecule has 12 heteroatoms. The molecule has 5 rings (SSSR count). The molecule has 4 N–H and O–H groups in total. The van der Waals surface area contributed by atoms with Crippen LogP contribution in [0.3, 0.4) is 0 Å². The molecule has 0 saturated heterocycles. The van der Waals surface area contributed by atoms with Crippen molar-refractivity contribution in [1.29, 1.82) is 0 Å². The van der Waals surface area contributed by atoms with Crippen molar-refractivity contribution in [3.05, 3.63) is 72.0 Å². The highest BCUT2D eigenvalue weighted by atomic mass is 16.6. The zero-order chi connectivity index (χ0) is 24.4. The lowest BCUT2D eigenvalue weighted by atomic mass is 10.1. The van der Waals surface area contributed by atoms with E-state index >= 15 is 0 Å². The number of amides is 1. The number of hydrogen-bond acceptors (Lipinski definition) is 9. The number of imidazole rings is 1. The third-order valence-corrected chi connectivity index (χ3v) is 5.11. The van der Waals surface area contributed by atoms with Crippen molar-refractivity contribution < 1.29 is 23.7 Å². The van der Waals surface area contributed by atoms with E-state index in [0.29, 0.717) is 33.9 Å². The van der Waals surface area contributed by atoms with Gasteiger partial charge in [-0.3, -0.25) is 4.79 Å². The first kappa shape index (κ1) is 21.6. The number of fused-ring (bicyclic) bond motifs is 1. The molecule has 2 aromatic carbocycles. The van der Waals surface area contributed by atoms with Gasteiger partial charge in [-0.2, -0.15) is 5.10 Å². The maximum Gasteiger partial charge on any atom is 0.336 e. The molecule has 5 aromatic rings. The Labute approximate surface area is 196 Å². The summed E-state index contributed by atoms with van der Waals surface area (Å²) in [4.78, 5) is 28.6. The van der Waals surface area contributed by atoms with Gasteiger partial charge in [-0.25, -0.2) is 19.8 Å². The summed E-state index contributed by atoms with van der Waals surface area (Å²) in [6.07, 6.45) is 1.32. The van der Waals surface area contributed by atoms with Gasteiger partial charge in [0.1, 0.15) is 18.1 Å². The van der Waals surface area contributed by atoms with E-state index in [-0.39, 0.29) is 23.6 Å². The van der Waals surface area contributed by atoms with Crippen molar-refractivity contribution in [1.82, 2.24) is 25.3 Å². The van der Waals surface area contributed by atoms with Gasteiger partial charge in [0.05, 0.1) is 22.8 Å². The molecule has 0 radical (unpaired) electrons. The van der Waals surface area contributed by atoms with E-state index in [2.05, 4.69) is 30.5 Å². The lowest BCUT2D eigenvalue weighted by Gasteiger charge is -2.06. The maximum atomic E-state index is 12.6. The van der Waals surface area contributed by atoms with Gasteiger partial charge in [-0.05, 0) is 40.6 Å². The predicted octanol–water partition coefficient (Wildman–Crippen LogP) is 2.78. The zero-order valence-corrected chi connectivity index (χ0v) is 18.0. The number of rotatable bonds is 7. The zero-order valence-electron chi connectivity index (χ0n) is 18.0. The van der Waals surface area contributed by atoms with E-state index in [1.165, 1.54) is 12.3 Å². The van der Waals surface area contributed by atoms with Gasteiger partial charge >= 0.3 is 5.97 Å². The number of hydrogen-bond donors (Lipinski definition) is 3. The van der Waals surface area contributed by atoms with E-state index in [9.17, 15) is 14.7 Å². The number of aromatic carboxylic acids is 1. The number of carboxylic acid groups (broad SMARTS) is 1. The molecule has 12 nitrogen and oxygen atoms in total. The quantitative estimate of drug-likeness (QED) is 0.238. The molecule has 3 heterocycles. The molecule has 0 aliphatic carbocycles. The van der Waals surface area contributed by atoms with E-state index in [1.54, 1.807) is 41.0 Å². The third-order valence-electron chi connectivity index (χ3n) is 5.11. The average Bonchev–Trinajstić information content (AvgIpc) is 3.58. The average molecular weight is 471 g/mol. The van der Waals surface area contributed by atoms with Crippen molar-refractivity contribution >= 4 is 34.9 Å². The van der Waals surface area contributed by atoms with Crippen molar-refractivity contribution in [3.8, 4) is 22.8 Å². The van der Waals surface area contributed by atoms with Gasteiger partial charge in [0.2, 0.25) is 0 Å². The lowest BCUT2D eigenvalue weighted by Crippen LogP contribution is -2.23. The molecule has 0 atom stereocenters. The van der Waals surface area contributed by atoms with Gasteiger partial charge in [-0.1, -0.05) is 30.3 Å². The minimum atomic E-state index is -1.06. The third kappa shape index (κ3) is 4.23. The summed E-state index contributed by atoms with van der Waals surface area (Å²) in [5, 5.41) is 20.7. The van der Waals surface area contributed by atoms with Crippen LogP contribution in [0.1, 0.15) is 16.1 Å². The smallest absolute Gasteiger partial charge is 0.336 e. The van der Waals surface area contributed by atoms with Crippen molar-refractivity contribution in [2.45, 2.75) is 6.54 Å². The number of nitrogens with zero attached hydrogens (tertiary/aromatic N) is 5. The van der Waals surface area contributed by atoms with Gasteiger partial charge < -0.3 is 19.8 Å². The number of nitrogens with two attached hydrogens (primary N) is 1. The van der Waals surface area contributed by atoms with E-state index < -0.39 is 11.9 Å². The van der Waals surface area contributed by atoms with E-state index in [1.807, 2.05) is 18.2 Å². The first-order valence-electron chi connectivity index (χ1n) is 10.3. The summed E-state index contributed by atoms with van der Waals surface area (Å²) in [6.45, 7) is -0.130. The van der Waals surface area contributed by atoms with Crippen LogP contribution in [-0.2, 0) is 11.3 Å². The van der Waals surface area contributed by atoms with Crippen LogP contribution in [0.25, 0.3) is 33.9 Å². The Morgan fingerprint density at radius 1 is 1.09 bits per heavy atom. The van der Waals surface area contributed by atoms with Crippen LogP contribution in [0.4, 0.5) is 5.82 Å². The molecule has 0 fully saturated rings. The van der Waals surface area contributed by atoms with Crippen LogP contribution in [-0.4, -0.2) is 43.1 Å². The number of para-hydroxylation sites is 2. The SMILES string of the molecule is Nc1nonc1-c1nc2ccccc2n1CC(=O)N/N=C/c1ccc(-c2ccccc2C(=O)O)o1. The molecule has 35 heavy (non-hydrogen) atoms. The second-order valence-electron chi connectivity index (χ2n) is 7.35. The molecule has 1 amide bonds. The number of carboxylic acids is 1. The van der Waals surface area contributed by atoms with E-state index in [4.69, 9.17) is 10.2 Å². The Hall–Kier alpha value is -5.26. The predicted molar refractivity (Wildman–Crippen MR) is 124 cm³/mol. The Morgan fingerprint density at radius 3 is 2.69 bits per heavy atom. The van der Waals surface area contributed by atoms with E-state index in [0.717, 1.165) is 0 Å². The number of hydrazone groups is 1. The monoisotopic (exact) mass is 471 g/mol. The summed E-state index contributed by atoms with van der Waals surface area (Å²) >= 11 is 0. The summed E-state index contributed by atoms with van der Waals surface area (Å²) < 4.78 is 12.0. The molecule has 0 unspecified atom stereocenters. The molecule has 0 saturated carbocycles. The van der Waals surface area contributed by atoms with Crippen molar-refractivity contribution in [2.75, 3.05) is 5.73 Å². The fourth-order valence-electron chi connectivity index (χ4n) is 3.57. The Morgan fingerprint density at radius 2 is 1.89 bits per heavy atom. The highest BCUT2D eigenvalue weighted by Crippen LogP contribution is 2.27. The molecular formula is C23H17N7O5. The summed E-state index contributed by atoms with van der Waals surface area (Å²) in [6, 6.07) is 17.0. The first-order valence-corrected chi connectivity index (χ1v) is 10.3. The highest BCUT2D eigenvalue weighted by Gasteiger charge is 2.20. The standard InChI is InChI=1S/C23H17N7O5/c24-21-20(28-35-29-21)22-26-16-7-3-4-8-17(16)30(22)12-19(31)27-25-11-13-9-10-18(34-13)14-5-1-2-6-15(14)23(32)33/h1-11H,12H2,(H2,24,29)(H,27,31)(H,32,33)/b25-11+. The summed E-state index contributed by atoms with van der Waals surface area (Å²) in [5.41, 5.74) is 10.4. The number of carbonyl (C=O) groups excluding carboxylic acids is 1. The fraction of sp³-hybridized carbons (Fsp3) is 0.0435. The second-order valence-corrected chi connectivity index (χ2v) is 7.35. The molecule has 174 valence electrons. The molecule has 3 aromatic heterocycles. The number of aromatic nitrogens is 4. The molecule has 0 aliphatic rings. The maximum absolute atomic E-state index is 12.6. The molecule has 0 spiro atoms. The topological polar surface area (TPSA) is 175 Å². The normalized spacial score (nSPS) is 11.3. The van der Waals surface area contributed by atoms with Crippen molar-refractivity contribution in [2.24, 2.45) is 5.10 Å². The van der Waals surface area contributed by atoms with Gasteiger partial charge in [0.25, 0.3) is 5.91 Å². The first-order chi connectivity index (χ1) is 17.0. The lowest BCUT2D eigenvalue weighted by molar-refractivity contribution is -0.121. The van der Waals surface area contributed by atoms with Gasteiger partial charge in [0.15, 0.2) is 17.3 Å². The molecule has 0 aliphatic heterocycles. The minimum absolute atomic E-state index is 0.0538. The number of carbonyl (C=O) groups is 2. The van der Waals surface area contributed by atoms with Crippen LogP contribution >= 0.6 is 0 Å². The Bertz CT molecular complexity index is 1580. The highest BCUT2D eigenvalue weighted by molar-refractivity contribution is 5.95. The molecule has 0 bridgehead atoms. The minimum Gasteiger partial charge on any atom is -0.478 e. The Balaban J connectivity index is 1.33. The number of benzene rings is 2. The largest absolute Gasteiger partial charge is 0.478 e. The van der Waals surface area contributed by atoms with Gasteiger partial charge in [-0.15, -0.1) is 0 Å².